The van der Waals surface area contributed by atoms with E-state index in [-0.39, 0.29) is 36.7 Å². The molecule has 25 heavy (non-hydrogen) atoms. The van der Waals surface area contributed by atoms with Crippen LogP contribution in [-0.4, -0.2) is 35.4 Å². The summed E-state index contributed by atoms with van der Waals surface area (Å²) in [5.74, 6) is -0.702. The lowest BCUT2D eigenvalue weighted by Gasteiger charge is -2.26. The number of carbonyl (C=O) groups excluding carboxylic acids is 1. The number of halogens is 1. The molecule has 1 aliphatic rings. The summed E-state index contributed by atoms with van der Waals surface area (Å²) in [6.45, 7) is 3.59. The number of fused-ring (bicyclic) bond motifs is 1. The Balaban J connectivity index is 2.15. The number of aliphatic hydroxyl groups is 1. The molecule has 0 spiro atoms. The summed E-state index contributed by atoms with van der Waals surface area (Å²) in [5, 5.41) is 9.34. The van der Waals surface area contributed by atoms with Crippen molar-refractivity contribution in [2.75, 3.05) is 13.2 Å². The number of hydrogen-bond donors (Lipinski definition) is 1. The zero-order valence-corrected chi connectivity index (χ0v) is 14.2. The highest BCUT2D eigenvalue weighted by atomic mass is 19.1. The average molecular weight is 345 g/mol. The monoisotopic (exact) mass is 345 g/mol. The molecule has 0 bridgehead atoms. The Bertz CT molecular complexity index is 806. The maximum absolute atomic E-state index is 14.5. The van der Waals surface area contributed by atoms with Crippen LogP contribution in [0.1, 0.15) is 35.0 Å². The van der Waals surface area contributed by atoms with Crippen molar-refractivity contribution in [2.45, 2.75) is 32.8 Å². The molecule has 1 N–H and O–H groups in total. The van der Waals surface area contributed by atoms with Gasteiger partial charge in [-0.3, -0.25) is 0 Å². The standard InChI is InChI=1S/C19H20FNO4/c1-3-24-19(23)17-9-15(13-6-4-11(2)8-16(13)20)14-7-5-12(10-22)25-18(14)21-17/h4,6,8-9,12,22H,3,5,7,10H2,1-2H3/t12-/m1/s1. The first kappa shape index (κ1) is 17.4. The zero-order chi connectivity index (χ0) is 18.0. The van der Waals surface area contributed by atoms with Gasteiger partial charge in [-0.2, -0.15) is 0 Å². The van der Waals surface area contributed by atoms with Crippen molar-refractivity contribution in [3.05, 3.63) is 46.9 Å². The van der Waals surface area contributed by atoms with E-state index in [1.54, 1.807) is 19.1 Å². The van der Waals surface area contributed by atoms with Gasteiger partial charge < -0.3 is 14.6 Å². The molecule has 1 aliphatic heterocycles. The number of rotatable bonds is 4. The molecule has 2 heterocycles. The smallest absolute Gasteiger partial charge is 0.357 e. The fourth-order valence-corrected chi connectivity index (χ4v) is 2.93. The highest BCUT2D eigenvalue weighted by molar-refractivity contribution is 5.90. The van der Waals surface area contributed by atoms with Crippen LogP contribution >= 0.6 is 0 Å². The van der Waals surface area contributed by atoms with Gasteiger partial charge in [0.2, 0.25) is 5.88 Å². The molecule has 0 radical (unpaired) electrons. The molecule has 0 aliphatic carbocycles. The molecule has 1 aromatic heterocycles. The fourth-order valence-electron chi connectivity index (χ4n) is 2.93. The van der Waals surface area contributed by atoms with Crippen LogP contribution < -0.4 is 4.74 Å². The van der Waals surface area contributed by atoms with Crippen LogP contribution in [-0.2, 0) is 11.2 Å². The molecule has 6 heteroatoms. The molecule has 0 saturated carbocycles. The molecule has 5 nitrogen and oxygen atoms in total. The van der Waals surface area contributed by atoms with Crippen molar-refractivity contribution >= 4 is 5.97 Å². The maximum atomic E-state index is 14.5. The number of pyridine rings is 1. The van der Waals surface area contributed by atoms with E-state index in [4.69, 9.17) is 9.47 Å². The number of ether oxygens (including phenoxy) is 2. The van der Waals surface area contributed by atoms with E-state index in [0.717, 1.165) is 11.1 Å². The normalized spacial score (nSPS) is 16.1. The Morgan fingerprint density at radius 2 is 2.20 bits per heavy atom. The van der Waals surface area contributed by atoms with Crippen LogP contribution in [0.2, 0.25) is 0 Å². The molecule has 0 unspecified atom stereocenters. The number of aliphatic hydroxyl groups excluding tert-OH is 1. The highest BCUT2D eigenvalue weighted by Crippen LogP contribution is 2.36. The van der Waals surface area contributed by atoms with Crippen molar-refractivity contribution in [1.82, 2.24) is 4.98 Å². The van der Waals surface area contributed by atoms with Gasteiger partial charge in [0.1, 0.15) is 11.9 Å². The number of aryl methyl sites for hydroxylation is 1. The number of benzene rings is 1. The second-order valence-corrected chi connectivity index (χ2v) is 6.00. The molecule has 0 amide bonds. The van der Waals surface area contributed by atoms with Crippen molar-refractivity contribution in [1.29, 1.82) is 0 Å². The molecule has 0 fully saturated rings. The predicted octanol–water partition coefficient (Wildman–Crippen LogP) is 3.06. The van der Waals surface area contributed by atoms with Crippen LogP contribution in [0.5, 0.6) is 5.88 Å². The first-order chi connectivity index (χ1) is 12.0. The van der Waals surface area contributed by atoms with Crippen LogP contribution in [0.15, 0.2) is 24.3 Å². The minimum absolute atomic E-state index is 0.0640. The molecule has 132 valence electrons. The number of aromatic nitrogens is 1. The average Bonchev–Trinajstić information content (AvgIpc) is 2.60. The number of esters is 1. The first-order valence-electron chi connectivity index (χ1n) is 8.28. The molecule has 3 rings (SSSR count). The maximum Gasteiger partial charge on any atom is 0.357 e. The van der Waals surface area contributed by atoms with Gasteiger partial charge in [-0.15, -0.1) is 0 Å². The minimum Gasteiger partial charge on any atom is -0.472 e. The van der Waals surface area contributed by atoms with Gasteiger partial charge in [-0.1, -0.05) is 12.1 Å². The largest absolute Gasteiger partial charge is 0.472 e. The van der Waals surface area contributed by atoms with Crippen LogP contribution in [0, 0.1) is 12.7 Å². The first-order valence-corrected chi connectivity index (χ1v) is 8.28. The summed E-state index contributed by atoms with van der Waals surface area (Å²) in [6.07, 6.45) is 0.803. The van der Waals surface area contributed by atoms with E-state index in [1.807, 2.05) is 13.0 Å². The quantitative estimate of drug-likeness (QED) is 0.863. The number of nitrogens with zero attached hydrogens (tertiary/aromatic N) is 1. The third-order valence-corrected chi connectivity index (χ3v) is 4.18. The summed E-state index contributed by atoms with van der Waals surface area (Å²) in [6, 6.07) is 6.50. The third-order valence-electron chi connectivity index (χ3n) is 4.18. The second-order valence-electron chi connectivity index (χ2n) is 6.00. The molecule has 2 aromatic rings. The lowest BCUT2D eigenvalue weighted by atomic mass is 9.93. The van der Waals surface area contributed by atoms with Gasteiger partial charge >= 0.3 is 5.97 Å². The van der Waals surface area contributed by atoms with E-state index in [9.17, 15) is 14.3 Å². The highest BCUT2D eigenvalue weighted by Gasteiger charge is 2.27. The minimum atomic E-state index is -0.589. The van der Waals surface area contributed by atoms with Gasteiger partial charge in [0.25, 0.3) is 0 Å². The van der Waals surface area contributed by atoms with E-state index < -0.39 is 5.97 Å². The molecule has 0 saturated heterocycles. The Morgan fingerprint density at radius 1 is 1.40 bits per heavy atom. The summed E-state index contributed by atoms with van der Waals surface area (Å²) in [4.78, 5) is 16.4. The Labute approximate surface area is 145 Å². The van der Waals surface area contributed by atoms with E-state index in [0.29, 0.717) is 24.0 Å². The predicted molar refractivity (Wildman–Crippen MR) is 90.1 cm³/mol. The molecule has 1 aromatic carbocycles. The topological polar surface area (TPSA) is 68.7 Å². The zero-order valence-electron chi connectivity index (χ0n) is 14.2. The molecular weight excluding hydrogens is 325 g/mol. The van der Waals surface area contributed by atoms with Gasteiger partial charge in [0.15, 0.2) is 5.69 Å². The summed E-state index contributed by atoms with van der Waals surface area (Å²) in [5.41, 5.74) is 2.57. The van der Waals surface area contributed by atoms with Gasteiger partial charge in [0.05, 0.1) is 13.2 Å². The van der Waals surface area contributed by atoms with Gasteiger partial charge in [-0.25, -0.2) is 14.2 Å². The van der Waals surface area contributed by atoms with Crippen LogP contribution in [0.4, 0.5) is 4.39 Å². The second kappa shape index (κ2) is 7.19. The summed E-state index contributed by atoms with van der Waals surface area (Å²) >= 11 is 0. The van der Waals surface area contributed by atoms with Crippen LogP contribution in [0.3, 0.4) is 0 Å². The van der Waals surface area contributed by atoms with E-state index in [1.165, 1.54) is 6.07 Å². The van der Waals surface area contributed by atoms with Crippen LogP contribution in [0.25, 0.3) is 11.1 Å². The molecule has 1 atom stereocenters. The van der Waals surface area contributed by atoms with Crippen molar-refractivity contribution in [3.63, 3.8) is 0 Å². The van der Waals surface area contributed by atoms with Gasteiger partial charge in [0, 0.05) is 11.1 Å². The van der Waals surface area contributed by atoms with Crippen molar-refractivity contribution in [3.8, 4) is 17.0 Å². The summed E-state index contributed by atoms with van der Waals surface area (Å²) < 4.78 is 25.2. The van der Waals surface area contributed by atoms with Crippen molar-refractivity contribution < 1.29 is 23.8 Å². The van der Waals surface area contributed by atoms with E-state index >= 15 is 0 Å². The van der Waals surface area contributed by atoms with Crippen molar-refractivity contribution in [2.24, 2.45) is 0 Å². The third kappa shape index (κ3) is 3.49. The number of hydrogen-bond acceptors (Lipinski definition) is 5. The number of carbonyl (C=O) groups is 1. The fraction of sp³-hybridized carbons (Fsp3) is 0.368. The molecular formula is C19H20FNO4. The summed E-state index contributed by atoms with van der Waals surface area (Å²) in [7, 11) is 0. The Hall–Kier alpha value is -2.47. The van der Waals surface area contributed by atoms with E-state index in [2.05, 4.69) is 4.98 Å². The lowest BCUT2D eigenvalue weighted by molar-refractivity contribution is 0.0514. The van der Waals surface area contributed by atoms with Gasteiger partial charge in [-0.05, 0) is 49.9 Å². The SMILES string of the molecule is CCOC(=O)c1cc(-c2ccc(C)cc2F)c2c(n1)O[C@@H](CO)CC2. The Morgan fingerprint density at radius 3 is 2.88 bits per heavy atom. The lowest BCUT2D eigenvalue weighted by Crippen LogP contribution is -2.27. The Kier molecular flexibility index (Phi) is 4.99.